The molecule has 0 radical (unpaired) electrons. The zero-order valence-electron chi connectivity index (χ0n) is 14.3. The number of halogens is 2. The Balaban J connectivity index is 0.00000312. The van der Waals surface area contributed by atoms with Crippen LogP contribution in [0.4, 0.5) is 4.39 Å². The molecule has 136 valence electrons. The molecule has 7 heteroatoms. The average molecular weight is 459 g/mol. The lowest BCUT2D eigenvalue weighted by Crippen LogP contribution is -2.36. The molecular weight excluding hydrogens is 436 g/mol. The van der Waals surface area contributed by atoms with E-state index in [1.165, 1.54) is 12.1 Å². The Labute approximate surface area is 164 Å². The summed E-state index contributed by atoms with van der Waals surface area (Å²) in [5.74, 6) is 0.428. The molecule has 0 amide bonds. The first-order valence-corrected chi connectivity index (χ1v) is 7.75. The summed E-state index contributed by atoms with van der Waals surface area (Å²) in [7, 11) is 1.64. The fourth-order valence-corrected chi connectivity index (χ4v) is 2.19. The number of nitrogens with one attached hydrogen (secondary N) is 2. The minimum Gasteiger partial charge on any atom is -0.505 e. The van der Waals surface area contributed by atoms with Crippen molar-refractivity contribution in [2.24, 2.45) is 4.99 Å². The van der Waals surface area contributed by atoms with Crippen LogP contribution < -0.4 is 15.4 Å². The largest absolute Gasteiger partial charge is 0.505 e. The zero-order chi connectivity index (χ0) is 17.4. The van der Waals surface area contributed by atoms with Crippen molar-refractivity contribution in [3.63, 3.8) is 0 Å². The lowest BCUT2D eigenvalue weighted by molar-refractivity contribution is 0.409. The van der Waals surface area contributed by atoms with Gasteiger partial charge in [0, 0.05) is 18.7 Å². The van der Waals surface area contributed by atoms with Gasteiger partial charge in [0.2, 0.25) is 0 Å². The maximum atomic E-state index is 13.4. The lowest BCUT2D eigenvalue weighted by atomic mass is 10.2. The van der Waals surface area contributed by atoms with E-state index in [-0.39, 0.29) is 29.7 Å². The van der Waals surface area contributed by atoms with Gasteiger partial charge in [0.05, 0.1) is 13.7 Å². The van der Waals surface area contributed by atoms with E-state index in [1.54, 1.807) is 13.2 Å². The molecule has 0 aliphatic heterocycles. The minimum absolute atomic E-state index is 0. The molecule has 2 aromatic rings. The third-order valence-corrected chi connectivity index (χ3v) is 3.41. The highest BCUT2D eigenvalue weighted by molar-refractivity contribution is 14.0. The van der Waals surface area contributed by atoms with Gasteiger partial charge < -0.3 is 20.5 Å². The van der Waals surface area contributed by atoms with Crippen molar-refractivity contribution in [3.05, 3.63) is 59.4 Å². The Kier molecular flexibility index (Phi) is 9.04. The number of para-hydroxylation sites is 1. The second-order valence-corrected chi connectivity index (χ2v) is 5.15. The van der Waals surface area contributed by atoms with Crippen LogP contribution in [0, 0.1) is 5.82 Å². The van der Waals surface area contributed by atoms with Crippen LogP contribution in [-0.2, 0) is 13.1 Å². The molecule has 2 aromatic carbocycles. The molecule has 25 heavy (non-hydrogen) atoms. The predicted molar refractivity (Wildman–Crippen MR) is 108 cm³/mol. The van der Waals surface area contributed by atoms with Crippen LogP contribution in [0.5, 0.6) is 11.5 Å². The van der Waals surface area contributed by atoms with Crippen molar-refractivity contribution in [2.45, 2.75) is 20.0 Å². The first-order valence-electron chi connectivity index (χ1n) is 7.75. The fourth-order valence-electron chi connectivity index (χ4n) is 2.19. The summed E-state index contributed by atoms with van der Waals surface area (Å²) >= 11 is 0. The van der Waals surface area contributed by atoms with E-state index in [4.69, 9.17) is 4.74 Å². The number of phenols is 1. The Hall–Kier alpha value is -2.03. The third-order valence-electron chi connectivity index (χ3n) is 3.41. The number of aliphatic imine (C=N–C) groups is 1. The van der Waals surface area contributed by atoms with Crippen molar-refractivity contribution in [1.29, 1.82) is 0 Å². The highest BCUT2D eigenvalue weighted by Crippen LogP contribution is 2.17. The molecule has 0 saturated heterocycles. The molecule has 5 nitrogen and oxygen atoms in total. The predicted octanol–water partition coefficient (Wildman–Crippen LogP) is 3.41. The van der Waals surface area contributed by atoms with Gasteiger partial charge in [-0.2, -0.15) is 0 Å². The smallest absolute Gasteiger partial charge is 0.191 e. The van der Waals surface area contributed by atoms with Crippen LogP contribution in [-0.4, -0.2) is 24.7 Å². The highest BCUT2D eigenvalue weighted by atomic mass is 127. The molecule has 0 fully saturated rings. The second-order valence-electron chi connectivity index (χ2n) is 5.15. The standard InChI is InChI=1S/C18H22FN3O2.HI/c1-3-20-18(21-11-13-8-9-16(23)15(19)10-13)22-12-14-6-4-5-7-17(14)24-2;/h4-10,23H,3,11-12H2,1-2H3,(H2,20,21,22);1H. The van der Waals surface area contributed by atoms with Crippen molar-refractivity contribution in [3.8, 4) is 11.5 Å². The van der Waals surface area contributed by atoms with E-state index in [2.05, 4.69) is 15.6 Å². The van der Waals surface area contributed by atoms with E-state index in [0.717, 1.165) is 11.3 Å². The van der Waals surface area contributed by atoms with E-state index >= 15 is 0 Å². The molecule has 0 saturated carbocycles. The van der Waals surface area contributed by atoms with Crippen LogP contribution >= 0.6 is 24.0 Å². The number of phenolic OH excluding ortho intramolecular Hbond substituents is 1. The number of ether oxygens (including phenoxy) is 1. The number of aromatic hydroxyl groups is 1. The highest BCUT2D eigenvalue weighted by Gasteiger charge is 2.04. The maximum absolute atomic E-state index is 13.4. The van der Waals surface area contributed by atoms with Gasteiger partial charge in [-0.1, -0.05) is 24.3 Å². The number of benzene rings is 2. The molecule has 2 rings (SSSR count). The Morgan fingerprint density at radius 3 is 2.64 bits per heavy atom. The van der Waals surface area contributed by atoms with E-state index in [1.807, 2.05) is 31.2 Å². The van der Waals surface area contributed by atoms with Crippen molar-refractivity contribution in [2.75, 3.05) is 13.7 Å². The van der Waals surface area contributed by atoms with Crippen LogP contribution in [0.2, 0.25) is 0 Å². The van der Waals surface area contributed by atoms with Gasteiger partial charge in [-0.05, 0) is 30.7 Å². The molecule has 0 spiro atoms. The third kappa shape index (κ3) is 6.41. The molecule has 0 heterocycles. The molecule has 0 aromatic heterocycles. The number of rotatable bonds is 6. The Morgan fingerprint density at radius 1 is 1.20 bits per heavy atom. The second kappa shape index (κ2) is 10.8. The zero-order valence-corrected chi connectivity index (χ0v) is 16.6. The molecule has 0 aliphatic carbocycles. The SMILES string of the molecule is CCNC(=NCc1ccc(O)c(F)c1)NCc1ccccc1OC.I. The van der Waals surface area contributed by atoms with Gasteiger partial charge in [0.15, 0.2) is 17.5 Å². The summed E-state index contributed by atoms with van der Waals surface area (Å²) in [4.78, 5) is 4.43. The molecule has 0 unspecified atom stereocenters. The van der Waals surface area contributed by atoms with Gasteiger partial charge in [0.25, 0.3) is 0 Å². The van der Waals surface area contributed by atoms with E-state index < -0.39 is 5.82 Å². The Bertz CT molecular complexity index is 710. The van der Waals surface area contributed by atoms with E-state index in [0.29, 0.717) is 31.2 Å². The molecule has 0 bridgehead atoms. The van der Waals surface area contributed by atoms with Gasteiger partial charge in [0.1, 0.15) is 5.75 Å². The Morgan fingerprint density at radius 2 is 1.96 bits per heavy atom. The number of hydrogen-bond acceptors (Lipinski definition) is 3. The van der Waals surface area contributed by atoms with Gasteiger partial charge >= 0.3 is 0 Å². The van der Waals surface area contributed by atoms with E-state index in [9.17, 15) is 9.50 Å². The summed E-state index contributed by atoms with van der Waals surface area (Å²) in [5, 5.41) is 15.6. The quantitative estimate of drug-likeness (QED) is 0.352. The van der Waals surface area contributed by atoms with Gasteiger partial charge in [-0.25, -0.2) is 9.38 Å². The molecular formula is C18H23FIN3O2. The van der Waals surface area contributed by atoms with Gasteiger partial charge in [-0.15, -0.1) is 24.0 Å². The monoisotopic (exact) mass is 459 g/mol. The van der Waals surface area contributed by atoms with Crippen molar-refractivity contribution >= 4 is 29.9 Å². The van der Waals surface area contributed by atoms with Crippen molar-refractivity contribution in [1.82, 2.24) is 10.6 Å². The van der Waals surface area contributed by atoms with Crippen LogP contribution in [0.3, 0.4) is 0 Å². The minimum atomic E-state index is -0.644. The van der Waals surface area contributed by atoms with Crippen molar-refractivity contribution < 1.29 is 14.2 Å². The summed E-state index contributed by atoms with van der Waals surface area (Å²) in [6.07, 6.45) is 0. The average Bonchev–Trinajstić information content (AvgIpc) is 2.60. The number of methoxy groups -OCH3 is 1. The lowest BCUT2D eigenvalue weighted by Gasteiger charge is -2.13. The normalized spacial score (nSPS) is 10.8. The maximum Gasteiger partial charge on any atom is 0.191 e. The topological polar surface area (TPSA) is 65.9 Å². The molecule has 0 atom stereocenters. The fraction of sp³-hybridized carbons (Fsp3) is 0.278. The van der Waals surface area contributed by atoms with Crippen LogP contribution in [0.1, 0.15) is 18.1 Å². The molecule has 0 aliphatic rings. The summed E-state index contributed by atoms with van der Waals surface area (Å²) < 4.78 is 18.7. The first-order chi connectivity index (χ1) is 11.6. The number of guanidine groups is 1. The first kappa shape index (κ1) is 21.0. The van der Waals surface area contributed by atoms with Crippen LogP contribution in [0.15, 0.2) is 47.5 Å². The summed E-state index contributed by atoms with van der Waals surface area (Å²) in [6.45, 7) is 3.54. The number of hydrogen-bond donors (Lipinski definition) is 3. The van der Waals surface area contributed by atoms with Crippen LogP contribution in [0.25, 0.3) is 0 Å². The summed E-state index contributed by atoms with van der Waals surface area (Å²) in [5.41, 5.74) is 1.70. The molecule has 3 N–H and O–H groups in total. The number of nitrogens with zero attached hydrogens (tertiary/aromatic N) is 1. The van der Waals surface area contributed by atoms with Gasteiger partial charge in [-0.3, -0.25) is 0 Å². The summed E-state index contributed by atoms with van der Waals surface area (Å²) in [6, 6.07) is 12.0.